The van der Waals surface area contributed by atoms with E-state index in [4.69, 9.17) is 11.6 Å². The number of carbonyl (C=O) groups excluding carboxylic acids is 2. The smallest absolute Gasteiger partial charge is 0.264 e. The molecule has 10 heteroatoms. The van der Waals surface area contributed by atoms with Gasteiger partial charge in [-0.15, -0.1) is 0 Å². The molecular weight excluding hydrogens is 517 g/mol. The minimum absolute atomic E-state index is 0.0253. The molecule has 0 heterocycles. The van der Waals surface area contributed by atoms with Gasteiger partial charge in [0.1, 0.15) is 18.4 Å². The third-order valence-electron chi connectivity index (χ3n) is 5.80. The summed E-state index contributed by atoms with van der Waals surface area (Å²) in [6, 6.07) is 19.6. The molecule has 0 bridgehead atoms. The predicted molar refractivity (Wildman–Crippen MR) is 142 cm³/mol. The number of nitrogens with one attached hydrogen (secondary N) is 1. The van der Waals surface area contributed by atoms with E-state index in [0.29, 0.717) is 13.0 Å². The topological polar surface area (TPSA) is 86.8 Å². The second-order valence-corrected chi connectivity index (χ2v) is 10.6. The van der Waals surface area contributed by atoms with Gasteiger partial charge in [0.2, 0.25) is 11.8 Å². The van der Waals surface area contributed by atoms with Crippen molar-refractivity contribution in [3.8, 4) is 0 Å². The van der Waals surface area contributed by atoms with Gasteiger partial charge in [-0.05, 0) is 56.2 Å². The Hall–Kier alpha value is -3.43. The van der Waals surface area contributed by atoms with Crippen LogP contribution in [0.5, 0.6) is 0 Å². The van der Waals surface area contributed by atoms with Crippen molar-refractivity contribution in [2.45, 2.75) is 31.2 Å². The molecule has 1 unspecified atom stereocenters. The predicted octanol–water partition coefficient (Wildman–Crippen LogP) is 4.27. The number of nitrogens with zero attached hydrogens (tertiary/aromatic N) is 2. The van der Waals surface area contributed by atoms with Crippen LogP contribution in [0.2, 0.25) is 5.02 Å². The Balaban J connectivity index is 1.98. The summed E-state index contributed by atoms with van der Waals surface area (Å²) in [7, 11) is -4.23. The number of sulfonamides is 1. The highest BCUT2D eigenvalue weighted by atomic mass is 35.5. The van der Waals surface area contributed by atoms with Crippen molar-refractivity contribution in [1.82, 2.24) is 10.2 Å². The third kappa shape index (κ3) is 7.08. The van der Waals surface area contributed by atoms with E-state index >= 15 is 0 Å². The number of benzene rings is 3. The first-order valence-corrected chi connectivity index (χ1v) is 13.6. The lowest BCUT2D eigenvalue weighted by Crippen LogP contribution is -2.52. The Bertz CT molecular complexity index is 1320. The molecule has 1 atom stereocenters. The van der Waals surface area contributed by atoms with Crippen LogP contribution in [-0.4, -0.2) is 50.8 Å². The van der Waals surface area contributed by atoms with Crippen molar-refractivity contribution < 1.29 is 22.4 Å². The van der Waals surface area contributed by atoms with Crippen LogP contribution in [0.15, 0.2) is 83.8 Å². The normalized spacial score (nSPS) is 12.0. The van der Waals surface area contributed by atoms with E-state index in [2.05, 4.69) is 5.32 Å². The van der Waals surface area contributed by atoms with Gasteiger partial charge < -0.3 is 10.2 Å². The van der Waals surface area contributed by atoms with Crippen LogP contribution in [0, 0.1) is 5.82 Å². The number of carbonyl (C=O) groups is 2. The number of likely N-dealkylation sites (N-methyl/N-ethyl adjacent to an activating group) is 1. The van der Waals surface area contributed by atoms with Crippen LogP contribution in [-0.2, 0) is 26.0 Å². The lowest BCUT2D eigenvalue weighted by Gasteiger charge is -2.32. The summed E-state index contributed by atoms with van der Waals surface area (Å²) in [5, 5.41) is 2.43. The quantitative estimate of drug-likeness (QED) is 0.390. The van der Waals surface area contributed by atoms with E-state index in [0.717, 1.165) is 22.0 Å². The monoisotopic (exact) mass is 545 g/mol. The number of amides is 2. The molecule has 3 aromatic rings. The van der Waals surface area contributed by atoms with Gasteiger partial charge in [-0.3, -0.25) is 13.9 Å². The molecule has 3 rings (SSSR count). The summed E-state index contributed by atoms with van der Waals surface area (Å²) in [5.41, 5.74) is 0.986. The average molecular weight is 546 g/mol. The summed E-state index contributed by atoms with van der Waals surface area (Å²) in [6.07, 6.45) is 0.462. The minimum atomic E-state index is -4.23. The van der Waals surface area contributed by atoms with Gasteiger partial charge in [0.05, 0.1) is 15.6 Å². The molecule has 0 aliphatic carbocycles. The Morgan fingerprint density at radius 2 is 1.62 bits per heavy atom. The van der Waals surface area contributed by atoms with Crippen LogP contribution in [0.3, 0.4) is 0 Å². The van der Waals surface area contributed by atoms with Gasteiger partial charge in [-0.2, -0.15) is 0 Å². The molecule has 0 aliphatic rings. The summed E-state index contributed by atoms with van der Waals surface area (Å²) < 4.78 is 42.0. The molecule has 0 aliphatic heterocycles. The minimum Gasteiger partial charge on any atom is -0.355 e. The first kappa shape index (κ1) is 28.1. The first-order chi connectivity index (χ1) is 17.6. The summed E-state index contributed by atoms with van der Waals surface area (Å²) >= 11 is 5.95. The first-order valence-electron chi connectivity index (χ1n) is 11.8. The Morgan fingerprint density at radius 3 is 2.22 bits per heavy atom. The zero-order valence-electron chi connectivity index (χ0n) is 20.6. The molecule has 7 nitrogen and oxygen atoms in total. The molecule has 196 valence electrons. The lowest BCUT2D eigenvalue weighted by atomic mass is 10.1. The number of hydrogen-bond donors (Lipinski definition) is 1. The Labute approximate surface area is 221 Å². The molecule has 0 saturated carbocycles. The molecule has 3 aromatic carbocycles. The third-order valence-corrected chi connectivity index (χ3v) is 7.88. The van der Waals surface area contributed by atoms with Crippen molar-refractivity contribution in [1.29, 1.82) is 0 Å². The molecule has 0 saturated heterocycles. The zero-order valence-corrected chi connectivity index (χ0v) is 22.2. The van der Waals surface area contributed by atoms with Gasteiger partial charge in [0.25, 0.3) is 10.0 Å². The van der Waals surface area contributed by atoms with E-state index in [1.165, 1.54) is 23.1 Å². The maximum atomic E-state index is 13.9. The highest BCUT2D eigenvalue weighted by molar-refractivity contribution is 7.92. The molecule has 1 N–H and O–H groups in total. The molecule has 0 fully saturated rings. The van der Waals surface area contributed by atoms with Crippen LogP contribution in [0.4, 0.5) is 10.1 Å². The van der Waals surface area contributed by atoms with Crippen LogP contribution in [0.1, 0.15) is 19.4 Å². The maximum absolute atomic E-state index is 13.9. The van der Waals surface area contributed by atoms with E-state index in [9.17, 15) is 22.4 Å². The number of anilines is 1. The molecule has 37 heavy (non-hydrogen) atoms. The van der Waals surface area contributed by atoms with Crippen molar-refractivity contribution in [3.63, 3.8) is 0 Å². The molecule has 2 amide bonds. The van der Waals surface area contributed by atoms with E-state index in [1.807, 2.05) is 30.3 Å². The largest absolute Gasteiger partial charge is 0.355 e. The standard InChI is InChI=1S/C27H29ClFN3O4S/c1-3-30-27(34)20(2)31(17-16-21-10-6-4-7-11-21)26(33)19-32(22-14-15-25(29)24(28)18-22)37(35,36)23-12-8-5-9-13-23/h4-15,18,20H,3,16-17,19H2,1-2H3,(H,30,34). The fraction of sp³-hybridized carbons (Fsp3) is 0.259. The van der Waals surface area contributed by atoms with Gasteiger partial charge >= 0.3 is 0 Å². The van der Waals surface area contributed by atoms with E-state index in [-0.39, 0.29) is 28.1 Å². The highest BCUT2D eigenvalue weighted by Crippen LogP contribution is 2.28. The summed E-state index contributed by atoms with van der Waals surface area (Å²) in [6.45, 7) is 3.32. The lowest BCUT2D eigenvalue weighted by molar-refractivity contribution is -0.138. The van der Waals surface area contributed by atoms with Gasteiger partial charge in [-0.25, -0.2) is 12.8 Å². The maximum Gasteiger partial charge on any atom is 0.264 e. The van der Waals surface area contributed by atoms with Crippen LogP contribution >= 0.6 is 11.6 Å². The molecule has 0 spiro atoms. The van der Waals surface area contributed by atoms with E-state index < -0.39 is 34.3 Å². The van der Waals surface area contributed by atoms with Crippen molar-refractivity contribution in [2.75, 3.05) is 23.9 Å². The fourth-order valence-corrected chi connectivity index (χ4v) is 5.38. The molecule has 0 radical (unpaired) electrons. The fourth-order valence-electron chi connectivity index (χ4n) is 3.78. The number of halogens is 2. The van der Waals surface area contributed by atoms with Crippen molar-refractivity contribution in [2.24, 2.45) is 0 Å². The van der Waals surface area contributed by atoms with Crippen LogP contribution < -0.4 is 9.62 Å². The Morgan fingerprint density at radius 1 is 1.00 bits per heavy atom. The number of rotatable bonds is 11. The zero-order chi connectivity index (χ0) is 27.0. The van der Waals surface area contributed by atoms with E-state index in [1.54, 1.807) is 32.0 Å². The van der Waals surface area contributed by atoms with Crippen molar-refractivity contribution >= 4 is 39.1 Å². The Kier molecular flexibility index (Phi) is 9.66. The molecular formula is C27H29ClFN3O4S. The SMILES string of the molecule is CCNC(=O)C(C)N(CCc1ccccc1)C(=O)CN(c1ccc(F)c(Cl)c1)S(=O)(=O)c1ccccc1. The number of hydrogen-bond acceptors (Lipinski definition) is 4. The van der Waals surface area contributed by atoms with Gasteiger partial charge in [-0.1, -0.05) is 60.1 Å². The summed E-state index contributed by atoms with van der Waals surface area (Å²) in [4.78, 5) is 27.6. The average Bonchev–Trinajstić information content (AvgIpc) is 2.90. The van der Waals surface area contributed by atoms with Gasteiger partial charge in [0.15, 0.2) is 0 Å². The second kappa shape index (κ2) is 12.7. The van der Waals surface area contributed by atoms with Gasteiger partial charge in [0, 0.05) is 13.1 Å². The highest BCUT2D eigenvalue weighted by Gasteiger charge is 2.32. The molecule has 0 aromatic heterocycles. The summed E-state index contributed by atoms with van der Waals surface area (Å²) in [5.74, 6) is -1.66. The second-order valence-electron chi connectivity index (χ2n) is 8.32. The van der Waals surface area contributed by atoms with Crippen molar-refractivity contribution in [3.05, 3.63) is 95.3 Å². The van der Waals surface area contributed by atoms with Crippen LogP contribution in [0.25, 0.3) is 0 Å².